The van der Waals surface area contributed by atoms with Crippen LogP contribution < -0.4 is 11.1 Å². The largest absolute Gasteiger partial charge is 0.348 e. The first-order chi connectivity index (χ1) is 9.93. The van der Waals surface area contributed by atoms with Crippen LogP contribution in [0.2, 0.25) is 0 Å². The van der Waals surface area contributed by atoms with E-state index in [1.807, 2.05) is 51.1 Å². The summed E-state index contributed by atoms with van der Waals surface area (Å²) in [6.07, 6.45) is 0. The van der Waals surface area contributed by atoms with E-state index >= 15 is 0 Å². The van der Waals surface area contributed by atoms with Crippen molar-refractivity contribution in [1.29, 1.82) is 0 Å². The molecule has 4 nitrogen and oxygen atoms in total. The molecule has 0 spiro atoms. The molecule has 0 bridgehead atoms. The number of hydrogen-bond donors (Lipinski definition) is 2. The molecule has 1 heterocycles. The SMILES string of the molecule is Cc1cc(C(=O)N[C@@H](C)CN)c(C)n1-c1ccc(Br)cc1. The average Bonchev–Trinajstić information content (AvgIpc) is 2.75. The van der Waals surface area contributed by atoms with Crippen molar-refractivity contribution < 1.29 is 4.79 Å². The van der Waals surface area contributed by atoms with Gasteiger partial charge in [-0.25, -0.2) is 0 Å². The number of carbonyl (C=O) groups is 1. The molecule has 0 radical (unpaired) electrons. The lowest BCUT2D eigenvalue weighted by atomic mass is 10.2. The Morgan fingerprint density at radius 3 is 2.52 bits per heavy atom. The number of halogens is 1. The highest BCUT2D eigenvalue weighted by atomic mass is 79.9. The van der Waals surface area contributed by atoms with Gasteiger partial charge in [0, 0.05) is 34.1 Å². The van der Waals surface area contributed by atoms with Crippen LogP contribution in [0.3, 0.4) is 0 Å². The van der Waals surface area contributed by atoms with Crippen molar-refractivity contribution in [1.82, 2.24) is 9.88 Å². The number of amides is 1. The van der Waals surface area contributed by atoms with E-state index in [0.29, 0.717) is 12.1 Å². The molecule has 112 valence electrons. The van der Waals surface area contributed by atoms with Crippen molar-refractivity contribution >= 4 is 21.8 Å². The van der Waals surface area contributed by atoms with Crippen molar-refractivity contribution in [3.63, 3.8) is 0 Å². The Morgan fingerprint density at radius 2 is 1.95 bits per heavy atom. The van der Waals surface area contributed by atoms with E-state index in [1.165, 1.54) is 0 Å². The molecule has 2 rings (SSSR count). The number of carbonyl (C=O) groups excluding carboxylic acids is 1. The second-order valence-electron chi connectivity index (χ2n) is 5.21. The van der Waals surface area contributed by atoms with Crippen molar-refractivity contribution in [3.05, 3.63) is 51.8 Å². The predicted molar refractivity (Wildman–Crippen MR) is 88.9 cm³/mol. The second-order valence-corrected chi connectivity index (χ2v) is 6.12. The zero-order valence-electron chi connectivity index (χ0n) is 12.5. The van der Waals surface area contributed by atoms with Crippen LogP contribution in [0.15, 0.2) is 34.8 Å². The Balaban J connectivity index is 2.38. The van der Waals surface area contributed by atoms with Crippen molar-refractivity contribution in [3.8, 4) is 5.69 Å². The monoisotopic (exact) mass is 349 g/mol. The van der Waals surface area contributed by atoms with Gasteiger partial charge in [0.25, 0.3) is 5.91 Å². The highest BCUT2D eigenvalue weighted by molar-refractivity contribution is 9.10. The number of nitrogens with two attached hydrogens (primary N) is 1. The van der Waals surface area contributed by atoms with Gasteiger partial charge in [0.2, 0.25) is 0 Å². The summed E-state index contributed by atoms with van der Waals surface area (Å²) in [7, 11) is 0. The smallest absolute Gasteiger partial charge is 0.253 e. The molecule has 1 aromatic heterocycles. The molecule has 0 aliphatic carbocycles. The molecule has 0 aliphatic rings. The van der Waals surface area contributed by atoms with E-state index in [4.69, 9.17) is 5.73 Å². The van der Waals surface area contributed by atoms with Gasteiger partial charge in [-0.05, 0) is 51.1 Å². The summed E-state index contributed by atoms with van der Waals surface area (Å²) in [5, 5.41) is 2.90. The first-order valence-corrected chi connectivity index (χ1v) is 7.69. The number of aryl methyl sites for hydroxylation is 1. The first-order valence-electron chi connectivity index (χ1n) is 6.90. The molecular formula is C16H20BrN3O. The van der Waals surface area contributed by atoms with Gasteiger partial charge < -0.3 is 15.6 Å². The van der Waals surface area contributed by atoms with E-state index < -0.39 is 0 Å². The standard InChI is InChI=1S/C16H20BrN3O/c1-10(9-18)19-16(21)15-8-11(2)20(12(15)3)14-6-4-13(17)5-7-14/h4-8,10H,9,18H2,1-3H3,(H,19,21)/t10-/m0/s1. The van der Waals surface area contributed by atoms with E-state index in [0.717, 1.165) is 21.5 Å². The van der Waals surface area contributed by atoms with Gasteiger partial charge in [-0.1, -0.05) is 15.9 Å². The molecule has 1 aromatic carbocycles. The van der Waals surface area contributed by atoms with Gasteiger partial charge in [-0.2, -0.15) is 0 Å². The Morgan fingerprint density at radius 1 is 1.33 bits per heavy atom. The lowest BCUT2D eigenvalue weighted by molar-refractivity contribution is 0.0940. The van der Waals surface area contributed by atoms with Crippen LogP contribution in [0, 0.1) is 13.8 Å². The van der Waals surface area contributed by atoms with Crippen molar-refractivity contribution in [2.24, 2.45) is 5.73 Å². The zero-order valence-corrected chi connectivity index (χ0v) is 14.1. The summed E-state index contributed by atoms with van der Waals surface area (Å²) < 4.78 is 3.11. The minimum atomic E-state index is -0.0792. The number of benzene rings is 1. The Labute approximate surface area is 133 Å². The molecule has 0 saturated heterocycles. The Bertz CT molecular complexity index is 646. The highest BCUT2D eigenvalue weighted by Crippen LogP contribution is 2.22. The summed E-state index contributed by atoms with van der Waals surface area (Å²) in [5.41, 5.74) is 9.24. The van der Waals surface area contributed by atoms with Crippen LogP contribution in [0.4, 0.5) is 0 Å². The Kier molecular flexibility index (Phi) is 4.85. The molecule has 1 amide bonds. The van der Waals surface area contributed by atoms with Gasteiger partial charge in [-0.15, -0.1) is 0 Å². The highest BCUT2D eigenvalue weighted by Gasteiger charge is 2.17. The predicted octanol–water partition coefficient (Wildman–Crippen LogP) is 2.93. The van der Waals surface area contributed by atoms with Crippen LogP contribution in [0.1, 0.15) is 28.7 Å². The van der Waals surface area contributed by atoms with Gasteiger partial charge in [0.15, 0.2) is 0 Å². The molecule has 21 heavy (non-hydrogen) atoms. The van der Waals surface area contributed by atoms with Crippen molar-refractivity contribution in [2.75, 3.05) is 6.54 Å². The van der Waals surface area contributed by atoms with E-state index in [1.54, 1.807) is 0 Å². The average molecular weight is 350 g/mol. The third-order valence-electron chi connectivity index (χ3n) is 3.49. The molecule has 0 aliphatic heterocycles. The molecule has 0 unspecified atom stereocenters. The van der Waals surface area contributed by atoms with Crippen LogP contribution in [-0.2, 0) is 0 Å². The zero-order chi connectivity index (χ0) is 15.6. The molecular weight excluding hydrogens is 330 g/mol. The lowest BCUT2D eigenvalue weighted by Gasteiger charge is -2.12. The fraction of sp³-hybridized carbons (Fsp3) is 0.312. The summed E-state index contributed by atoms with van der Waals surface area (Å²) in [6.45, 7) is 6.28. The Hall–Kier alpha value is -1.59. The fourth-order valence-electron chi connectivity index (χ4n) is 2.34. The maximum Gasteiger partial charge on any atom is 0.253 e. The summed E-state index contributed by atoms with van der Waals surface area (Å²) in [4.78, 5) is 12.3. The van der Waals surface area contributed by atoms with Gasteiger partial charge in [0.1, 0.15) is 0 Å². The molecule has 1 atom stereocenters. The third-order valence-corrected chi connectivity index (χ3v) is 4.02. The second kappa shape index (κ2) is 6.45. The number of hydrogen-bond acceptors (Lipinski definition) is 2. The summed E-state index contributed by atoms with van der Waals surface area (Å²) in [6, 6.07) is 9.90. The maximum absolute atomic E-state index is 12.3. The van der Waals surface area contributed by atoms with Crippen LogP contribution >= 0.6 is 15.9 Å². The fourth-order valence-corrected chi connectivity index (χ4v) is 2.60. The van der Waals surface area contributed by atoms with E-state index in [-0.39, 0.29) is 11.9 Å². The van der Waals surface area contributed by atoms with Crippen LogP contribution in [0.5, 0.6) is 0 Å². The topological polar surface area (TPSA) is 60.1 Å². The quantitative estimate of drug-likeness (QED) is 0.891. The molecule has 5 heteroatoms. The first kappa shape index (κ1) is 15.8. The molecule has 0 saturated carbocycles. The summed E-state index contributed by atoms with van der Waals surface area (Å²) >= 11 is 3.43. The minimum Gasteiger partial charge on any atom is -0.348 e. The van der Waals surface area contributed by atoms with E-state index in [2.05, 4.69) is 25.8 Å². The molecule has 3 N–H and O–H groups in total. The maximum atomic E-state index is 12.3. The lowest BCUT2D eigenvalue weighted by Crippen LogP contribution is -2.37. The normalized spacial score (nSPS) is 12.2. The molecule has 2 aromatic rings. The molecule has 0 fully saturated rings. The van der Waals surface area contributed by atoms with Crippen LogP contribution in [-0.4, -0.2) is 23.1 Å². The van der Waals surface area contributed by atoms with Crippen molar-refractivity contribution in [2.45, 2.75) is 26.8 Å². The number of rotatable bonds is 4. The van der Waals surface area contributed by atoms with Crippen LogP contribution in [0.25, 0.3) is 5.69 Å². The summed E-state index contributed by atoms with van der Waals surface area (Å²) in [5.74, 6) is -0.0792. The van der Waals surface area contributed by atoms with Gasteiger partial charge in [-0.3, -0.25) is 4.79 Å². The van der Waals surface area contributed by atoms with Gasteiger partial charge >= 0.3 is 0 Å². The number of nitrogens with zero attached hydrogens (tertiary/aromatic N) is 1. The van der Waals surface area contributed by atoms with E-state index in [9.17, 15) is 4.79 Å². The number of nitrogens with one attached hydrogen (secondary N) is 1. The number of aromatic nitrogens is 1. The third kappa shape index (κ3) is 3.36. The minimum absolute atomic E-state index is 0.0340. The van der Waals surface area contributed by atoms with Gasteiger partial charge in [0.05, 0.1) is 5.56 Å².